The Bertz CT molecular complexity index is 219. The molecule has 0 amide bonds. The number of hydrogen-bond acceptors (Lipinski definition) is 5. The molecule has 1 saturated heterocycles. The average molecular weight is 204 g/mol. The predicted octanol–water partition coefficient (Wildman–Crippen LogP) is 0.326. The molecule has 5 nitrogen and oxygen atoms in total. The second-order valence-corrected chi connectivity index (χ2v) is 3.40. The summed E-state index contributed by atoms with van der Waals surface area (Å²) < 4.78 is 21.2. The fourth-order valence-electron chi connectivity index (χ4n) is 1.35. The molecule has 3 atom stereocenters. The summed E-state index contributed by atoms with van der Waals surface area (Å²) in [6, 6.07) is 0. The van der Waals surface area contributed by atoms with E-state index in [1.54, 1.807) is 13.8 Å². The fourth-order valence-corrected chi connectivity index (χ4v) is 1.35. The Labute approximate surface area is 83.3 Å². The fraction of sp³-hybridized carbons (Fsp3) is 0.889. The maximum atomic E-state index is 10.6. The molecule has 1 heterocycles. The van der Waals surface area contributed by atoms with Crippen molar-refractivity contribution in [2.75, 3.05) is 20.8 Å². The molecular weight excluding hydrogens is 188 g/mol. The van der Waals surface area contributed by atoms with Gasteiger partial charge in [0, 0.05) is 14.2 Å². The van der Waals surface area contributed by atoms with Crippen LogP contribution in [0.4, 0.5) is 0 Å². The van der Waals surface area contributed by atoms with Gasteiger partial charge >= 0.3 is 0 Å². The first-order valence-corrected chi connectivity index (χ1v) is 4.38. The highest BCUT2D eigenvalue weighted by Crippen LogP contribution is 2.35. The molecule has 82 valence electrons. The van der Waals surface area contributed by atoms with Crippen LogP contribution in [0.3, 0.4) is 0 Å². The Kier molecular flexibility index (Phi) is 3.26. The van der Waals surface area contributed by atoms with E-state index < -0.39 is 17.7 Å². The van der Waals surface area contributed by atoms with Crippen molar-refractivity contribution in [3.05, 3.63) is 0 Å². The minimum Gasteiger partial charge on any atom is -0.349 e. The highest BCUT2D eigenvalue weighted by atomic mass is 16.8. The molecule has 0 bridgehead atoms. The molecule has 1 rings (SSSR count). The van der Waals surface area contributed by atoms with Crippen molar-refractivity contribution in [2.24, 2.45) is 0 Å². The zero-order valence-electron chi connectivity index (χ0n) is 8.90. The number of carbonyl (C=O) groups is 1. The third kappa shape index (κ3) is 1.68. The quantitative estimate of drug-likeness (QED) is 0.620. The van der Waals surface area contributed by atoms with Crippen LogP contribution in [0.5, 0.6) is 0 Å². The van der Waals surface area contributed by atoms with Gasteiger partial charge in [-0.25, -0.2) is 0 Å². The highest BCUT2D eigenvalue weighted by Gasteiger charge is 2.53. The first kappa shape index (κ1) is 11.6. The van der Waals surface area contributed by atoms with E-state index in [0.29, 0.717) is 6.29 Å². The lowest BCUT2D eigenvalue weighted by atomic mass is 10.1. The van der Waals surface area contributed by atoms with Gasteiger partial charge in [0.2, 0.25) is 11.6 Å². The molecular formula is C9H16O5. The van der Waals surface area contributed by atoms with Gasteiger partial charge in [0.25, 0.3) is 0 Å². The van der Waals surface area contributed by atoms with Gasteiger partial charge in [-0.05, 0) is 13.8 Å². The van der Waals surface area contributed by atoms with Crippen molar-refractivity contribution >= 4 is 6.29 Å². The van der Waals surface area contributed by atoms with E-state index in [4.69, 9.17) is 18.9 Å². The van der Waals surface area contributed by atoms with Gasteiger partial charge in [-0.2, -0.15) is 0 Å². The second kappa shape index (κ2) is 3.94. The molecule has 0 aliphatic carbocycles. The van der Waals surface area contributed by atoms with E-state index in [1.165, 1.54) is 14.2 Å². The summed E-state index contributed by atoms with van der Waals surface area (Å²) in [7, 11) is 2.98. The van der Waals surface area contributed by atoms with Gasteiger partial charge in [0.05, 0.1) is 6.61 Å². The molecule has 1 aliphatic heterocycles. The molecule has 0 N–H and O–H groups in total. The molecule has 0 unspecified atom stereocenters. The summed E-state index contributed by atoms with van der Waals surface area (Å²) in [5.41, 5.74) is 0. The standard InChI is InChI=1S/C9H16O5/c1-8(11-3)9(2,12-4)14-7(5-10)6-13-8/h5,7H,6H2,1-4H3/t7-,8-,9+/m1/s1. The maximum Gasteiger partial charge on any atom is 0.220 e. The molecule has 1 aliphatic rings. The number of ether oxygens (including phenoxy) is 4. The predicted molar refractivity (Wildman–Crippen MR) is 47.7 cm³/mol. The summed E-state index contributed by atoms with van der Waals surface area (Å²) in [6.07, 6.45) is 0.0788. The minimum atomic E-state index is -1.08. The normalized spacial score (nSPS) is 43.6. The lowest BCUT2D eigenvalue weighted by Crippen LogP contribution is -2.62. The van der Waals surface area contributed by atoms with Crippen molar-refractivity contribution in [1.82, 2.24) is 0 Å². The summed E-state index contributed by atoms with van der Waals surface area (Å²) in [5.74, 6) is -2.08. The van der Waals surface area contributed by atoms with E-state index in [2.05, 4.69) is 0 Å². The van der Waals surface area contributed by atoms with Crippen molar-refractivity contribution in [3.63, 3.8) is 0 Å². The van der Waals surface area contributed by atoms with Crippen LogP contribution in [0.2, 0.25) is 0 Å². The molecule has 5 heteroatoms. The van der Waals surface area contributed by atoms with Crippen LogP contribution in [0.25, 0.3) is 0 Å². The van der Waals surface area contributed by atoms with Crippen molar-refractivity contribution < 1.29 is 23.7 Å². The Hall–Kier alpha value is -0.490. The van der Waals surface area contributed by atoms with E-state index >= 15 is 0 Å². The first-order chi connectivity index (χ1) is 6.51. The number of aldehydes is 1. The van der Waals surface area contributed by atoms with Gasteiger partial charge in [0.1, 0.15) is 6.10 Å². The van der Waals surface area contributed by atoms with Crippen molar-refractivity contribution in [2.45, 2.75) is 31.5 Å². The van der Waals surface area contributed by atoms with Crippen LogP contribution < -0.4 is 0 Å². The number of hydrogen-bond donors (Lipinski definition) is 0. The smallest absolute Gasteiger partial charge is 0.220 e. The Morgan fingerprint density at radius 3 is 2.29 bits per heavy atom. The zero-order valence-corrected chi connectivity index (χ0v) is 8.90. The van der Waals surface area contributed by atoms with E-state index in [-0.39, 0.29) is 6.61 Å². The van der Waals surface area contributed by atoms with Gasteiger partial charge in [-0.15, -0.1) is 0 Å². The monoisotopic (exact) mass is 204 g/mol. The SMILES string of the molecule is CO[C@@]1(C)O[C@H](C=O)CO[C@@]1(C)OC. The molecule has 0 spiro atoms. The summed E-state index contributed by atoms with van der Waals surface area (Å²) in [6.45, 7) is 3.55. The third-order valence-electron chi connectivity index (χ3n) is 2.66. The average Bonchev–Trinajstić information content (AvgIpc) is 2.22. The summed E-state index contributed by atoms with van der Waals surface area (Å²) in [4.78, 5) is 10.6. The Balaban J connectivity index is 2.86. The van der Waals surface area contributed by atoms with E-state index in [9.17, 15) is 4.79 Å². The van der Waals surface area contributed by atoms with E-state index in [1.807, 2.05) is 0 Å². The van der Waals surface area contributed by atoms with Gasteiger partial charge < -0.3 is 23.7 Å². The van der Waals surface area contributed by atoms with Crippen LogP contribution in [0.1, 0.15) is 13.8 Å². The maximum absolute atomic E-state index is 10.6. The van der Waals surface area contributed by atoms with Crippen molar-refractivity contribution in [1.29, 1.82) is 0 Å². The van der Waals surface area contributed by atoms with E-state index in [0.717, 1.165) is 0 Å². The molecule has 0 aromatic rings. The summed E-state index contributed by atoms with van der Waals surface area (Å²) in [5, 5.41) is 0. The molecule has 0 aromatic heterocycles. The van der Waals surface area contributed by atoms with Crippen molar-refractivity contribution in [3.8, 4) is 0 Å². The number of rotatable bonds is 3. The molecule has 0 aromatic carbocycles. The minimum absolute atomic E-state index is 0.173. The number of methoxy groups -OCH3 is 2. The molecule has 14 heavy (non-hydrogen) atoms. The molecule has 1 fully saturated rings. The van der Waals surface area contributed by atoms with Crippen LogP contribution in [0.15, 0.2) is 0 Å². The highest BCUT2D eigenvalue weighted by molar-refractivity contribution is 5.56. The topological polar surface area (TPSA) is 54.0 Å². The van der Waals surface area contributed by atoms with Gasteiger partial charge in [-0.1, -0.05) is 0 Å². The Morgan fingerprint density at radius 1 is 1.29 bits per heavy atom. The van der Waals surface area contributed by atoms with Crippen LogP contribution in [-0.2, 0) is 23.7 Å². The summed E-state index contributed by atoms with van der Waals surface area (Å²) >= 11 is 0. The first-order valence-electron chi connectivity index (χ1n) is 4.38. The van der Waals surface area contributed by atoms with Gasteiger partial charge in [-0.3, -0.25) is 0 Å². The van der Waals surface area contributed by atoms with Gasteiger partial charge in [0.15, 0.2) is 6.29 Å². The molecule has 0 radical (unpaired) electrons. The largest absolute Gasteiger partial charge is 0.349 e. The van der Waals surface area contributed by atoms with Crippen LogP contribution in [-0.4, -0.2) is 44.8 Å². The number of carbonyl (C=O) groups excluding carboxylic acids is 1. The second-order valence-electron chi connectivity index (χ2n) is 3.40. The third-order valence-corrected chi connectivity index (χ3v) is 2.66. The van der Waals surface area contributed by atoms with Crippen LogP contribution in [0, 0.1) is 0 Å². The molecule has 0 saturated carbocycles. The lowest BCUT2D eigenvalue weighted by Gasteiger charge is -2.47. The Morgan fingerprint density at radius 2 is 1.86 bits per heavy atom. The lowest BCUT2D eigenvalue weighted by molar-refractivity contribution is -0.424. The zero-order chi connectivity index (χ0) is 10.8. The van der Waals surface area contributed by atoms with Crippen LogP contribution >= 0.6 is 0 Å².